The summed E-state index contributed by atoms with van der Waals surface area (Å²) in [6.45, 7) is 3.92. The Kier molecular flexibility index (Phi) is 6.91. The number of nitrogens with zero attached hydrogens (tertiary/aromatic N) is 2. The first-order chi connectivity index (χ1) is 12.8. The third-order valence-electron chi connectivity index (χ3n) is 4.81. The van der Waals surface area contributed by atoms with Gasteiger partial charge in [0.1, 0.15) is 5.75 Å². The van der Waals surface area contributed by atoms with Crippen molar-refractivity contribution in [3.05, 3.63) is 52.2 Å². The first-order valence-corrected chi connectivity index (χ1v) is 10.1. The van der Waals surface area contributed by atoms with Gasteiger partial charge in [-0.3, -0.25) is 9.89 Å². The molecule has 0 spiro atoms. The van der Waals surface area contributed by atoms with Crippen molar-refractivity contribution in [2.75, 3.05) is 33.8 Å². The Labute approximate surface area is 160 Å². The highest BCUT2D eigenvalue weighted by Crippen LogP contribution is 2.26. The molecule has 1 aliphatic rings. The van der Waals surface area contributed by atoms with Gasteiger partial charge in [-0.15, -0.1) is 0 Å². The van der Waals surface area contributed by atoms with Crippen LogP contribution in [0.15, 0.2) is 46.1 Å². The predicted octanol–water partition coefficient (Wildman–Crippen LogP) is 3.26. The van der Waals surface area contributed by atoms with Crippen molar-refractivity contribution in [1.29, 1.82) is 0 Å². The zero-order valence-corrected chi connectivity index (χ0v) is 16.4. The maximum absolute atomic E-state index is 5.30. The average molecular weight is 373 g/mol. The lowest BCUT2D eigenvalue weighted by Gasteiger charge is -2.29. The summed E-state index contributed by atoms with van der Waals surface area (Å²) in [6, 6.07) is 10.9. The van der Waals surface area contributed by atoms with Gasteiger partial charge < -0.3 is 15.4 Å². The van der Waals surface area contributed by atoms with E-state index in [0.29, 0.717) is 6.04 Å². The van der Waals surface area contributed by atoms with Crippen LogP contribution in [-0.2, 0) is 6.54 Å². The Balaban J connectivity index is 1.62. The van der Waals surface area contributed by atoms with Crippen molar-refractivity contribution < 1.29 is 4.74 Å². The number of aliphatic imine (C=N–C) groups is 1. The summed E-state index contributed by atoms with van der Waals surface area (Å²) in [5.74, 6) is 1.74. The Morgan fingerprint density at radius 2 is 1.96 bits per heavy atom. The molecule has 1 unspecified atom stereocenters. The first kappa shape index (κ1) is 18.7. The fraction of sp³-hybridized carbons (Fsp3) is 0.450. The second kappa shape index (κ2) is 9.59. The normalized spacial score (nSPS) is 16.5. The molecule has 2 N–H and O–H groups in total. The minimum atomic E-state index is 0.336. The Morgan fingerprint density at radius 1 is 1.19 bits per heavy atom. The topological polar surface area (TPSA) is 48.9 Å². The summed E-state index contributed by atoms with van der Waals surface area (Å²) in [6.07, 6.45) is 2.55. The number of nitrogens with one attached hydrogen (secondary N) is 2. The van der Waals surface area contributed by atoms with E-state index in [1.165, 1.54) is 24.0 Å². The molecule has 0 aliphatic carbocycles. The van der Waals surface area contributed by atoms with E-state index in [2.05, 4.69) is 49.5 Å². The molecule has 0 radical (unpaired) electrons. The molecule has 3 rings (SSSR count). The molecule has 140 valence electrons. The number of hydrogen-bond donors (Lipinski definition) is 2. The predicted molar refractivity (Wildman–Crippen MR) is 109 cm³/mol. The van der Waals surface area contributed by atoms with E-state index in [9.17, 15) is 0 Å². The highest BCUT2D eigenvalue weighted by Gasteiger charge is 2.23. The van der Waals surface area contributed by atoms with Crippen molar-refractivity contribution in [1.82, 2.24) is 15.5 Å². The van der Waals surface area contributed by atoms with Gasteiger partial charge in [-0.25, -0.2) is 0 Å². The van der Waals surface area contributed by atoms with E-state index in [1.807, 2.05) is 19.2 Å². The summed E-state index contributed by atoms with van der Waals surface area (Å²) in [5.41, 5.74) is 2.60. The fourth-order valence-corrected chi connectivity index (χ4v) is 4.00. The Hall–Kier alpha value is -2.05. The van der Waals surface area contributed by atoms with Crippen LogP contribution in [0.5, 0.6) is 5.75 Å². The van der Waals surface area contributed by atoms with Gasteiger partial charge in [0.2, 0.25) is 0 Å². The van der Waals surface area contributed by atoms with E-state index in [0.717, 1.165) is 37.9 Å². The third-order valence-corrected chi connectivity index (χ3v) is 5.54. The van der Waals surface area contributed by atoms with Crippen LogP contribution in [0.1, 0.15) is 30.0 Å². The molecule has 2 heterocycles. The molecular formula is C20H28N4OS. The van der Waals surface area contributed by atoms with Crippen LogP contribution in [0.2, 0.25) is 0 Å². The van der Waals surface area contributed by atoms with E-state index >= 15 is 0 Å². The monoisotopic (exact) mass is 372 g/mol. The van der Waals surface area contributed by atoms with Crippen molar-refractivity contribution in [2.45, 2.75) is 25.4 Å². The maximum atomic E-state index is 5.30. The number of likely N-dealkylation sites (tertiary alicyclic amines) is 1. The second-order valence-corrected chi connectivity index (χ2v) is 7.25. The molecule has 2 aromatic rings. The summed E-state index contributed by atoms with van der Waals surface area (Å²) in [4.78, 5) is 6.92. The van der Waals surface area contributed by atoms with Gasteiger partial charge in [-0.05, 0) is 66.0 Å². The van der Waals surface area contributed by atoms with Crippen molar-refractivity contribution in [3.63, 3.8) is 0 Å². The molecule has 1 saturated heterocycles. The molecule has 1 aliphatic heterocycles. The minimum absolute atomic E-state index is 0.336. The van der Waals surface area contributed by atoms with E-state index < -0.39 is 0 Å². The molecule has 26 heavy (non-hydrogen) atoms. The smallest absolute Gasteiger partial charge is 0.191 e. The summed E-state index contributed by atoms with van der Waals surface area (Å²) < 4.78 is 5.30. The van der Waals surface area contributed by atoms with E-state index in [4.69, 9.17) is 4.74 Å². The van der Waals surface area contributed by atoms with E-state index in [1.54, 1.807) is 18.4 Å². The lowest BCUT2D eigenvalue weighted by Crippen LogP contribution is -2.42. The second-order valence-electron chi connectivity index (χ2n) is 6.47. The summed E-state index contributed by atoms with van der Waals surface area (Å²) in [5, 5.41) is 11.2. The highest BCUT2D eigenvalue weighted by atomic mass is 32.1. The number of methoxy groups -OCH3 is 1. The van der Waals surface area contributed by atoms with Gasteiger partial charge >= 0.3 is 0 Å². The van der Waals surface area contributed by atoms with Crippen molar-refractivity contribution >= 4 is 17.3 Å². The van der Waals surface area contributed by atoms with Gasteiger partial charge in [-0.2, -0.15) is 11.3 Å². The van der Waals surface area contributed by atoms with E-state index in [-0.39, 0.29) is 0 Å². The lowest BCUT2D eigenvalue weighted by molar-refractivity contribution is 0.245. The summed E-state index contributed by atoms with van der Waals surface area (Å²) >= 11 is 1.72. The molecule has 1 aromatic carbocycles. The largest absolute Gasteiger partial charge is 0.497 e. The Morgan fingerprint density at radius 3 is 2.58 bits per heavy atom. The highest BCUT2D eigenvalue weighted by molar-refractivity contribution is 7.07. The van der Waals surface area contributed by atoms with Gasteiger partial charge in [0.15, 0.2) is 5.96 Å². The van der Waals surface area contributed by atoms with Crippen molar-refractivity contribution in [2.24, 2.45) is 4.99 Å². The molecular weight excluding hydrogens is 344 g/mol. The molecule has 5 nitrogen and oxygen atoms in total. The molecule has 0 saturated carbocycles. The number of guanidine groups is 1. The number of ether oxygens (including phenoxy) is 1. The Bertz CT molecular complexity index is 678. The first-order valence-electron chi connectivity index (χ1n) is 9.13. The third kappa shape index (κ3) is 4.99. The fourth-order valence-electron chi connectivity index (χ4n) is 3.33. The molecule has 1 aromatic heterocycles. The van der Waals surface area contributed by atoms with Crippen LogP contribution in [0, 0.1) is 0 Å². The maximum Gasteiger partial charge on any atom is 0.191 e. The van der Waals surface area contributed by atoms with Crippen molar-refractivity contribution in [3.8, 4) is 5.75 Å². The van der Waals surface area contributed by atoms with Gasteiger partial charge in [0, 0.05) is 20.1 Å². The SMILES string of the molecule is CN=C(NCc1ccsc1)NCC(c1ccc(OC)cc1)N1CCCC1. The number of thiophene rings is 1. The molecule has 0 amide bonds. The zero-order chi connectivity index (χ0) is 18.2. The van der Waals surface area contributed by atoms with Crippen LogP contribution >= 0.6 is 11.3 Å². The van der Waals surface area contributed by atoms with Gasteiger partial charge in [0.05, 0.1) is 13.2 Å². The summed E-state index contributed by atoms with van der Waals surface area (Å²) in [7, 11) is 3.53. The molecule has 0 bridgehead atoms. The van der Waals surface area contributed by atoms with Gasteiger partial charge in [-0.1, -0.05) is 12.1 Å². The number of hydrogen-bond acceptors (Lipinski definition) is 4. The number of benzene rings is 1. The molecule has 1 atom stereocenters. The van der Waals surface area contributed by atoms with Crippen LogP contribution < -0.4 is 15.4 Å². The number of rotatable bonds is 7. The van der Waals surface area contributed by atoms with Crippen LogP contribution in [0.4, 0.5) is 0 Å². The van der Waals surface area contributed by atoms with Crippen LogP contribution in [0.25, 0.3) is 0 Å². The molecule has 6 heteroatoms. The molecule has 1 fully saturated rings. The van der Waals surface area contributed by atoms with Gasteiger partial charge in [0.25, 0.3) is 0 Å². The zero-order valence-electron chi connectivity index (χ0n) is 15.6. The quantitative estimate of drug-likeness (QED) is 0.579. The van der Waals surface area contributed by atoms with Crippen LogP contribution in [0.3, 0.4) is 0 Å². The lowest BCUT2D eigenvalue weighted by atomic mass is 10.1. The standard InChI is InChI=1S/C20H28N4OS/c1-21-20(22-13-16-9-12-26-15-16)23-14-19(24-10-3-4-11-24)17-5-7-18(25-2)8-6-17/h5-9,12,15,19H,3-4,10-11,13-14H2,1-2H3,(H2,21,22,23). The average Bonchev–Trinajstić information content (AvgIpc) is 3.39. The van der Waals surface area contributed by atoms with Crippen LogP contribution in [-0.4, -0.2) is 44.7 Å². The minimum Gasteiger partial charge on any atom is -0.497 e.